The number of benzene rings is 2. The molecule has 104 valence electrons. The molecule has 0 aromatic heterocycles. The van der Waals surface area contributed by atoms with Gasteiger partial charge in [-0.1, -0.05) is 17.7 Å². The van der Waals surface area contributed by atoms with E-state index in [1.54, 1.807) is 30.3 Å². The Morgan fingerprint density at radius 2 is 2.10 bits per heavy atom. The van der Waals surface area contributed by atoms with Crippen LogP contribution in [0.5, 0.6) is 5.75 Å². The van der Waals surface area contributed by atoms with Gasteiger partial charge in [0, 0.05) is 11.8 Å². The van der Waals surface area contributed by atoms with Crippen LogP contribution in [0.3, 0.4) is 0 Å². The number of nitrogens with one attached hydrogen (secondary N) is 1. The molecule has 0 aliphatic rings. The van der Waals surface area contributed by atoms with Gasteiger partial charge in [-0.2, -0.15) is 0 Å². The first-order valence-electron chi connectivity index (χ1n) is 5.66. The molecule has 0 aliphatic heterocycles. The number of halogens is 1. The van der Waals surface area contributed by atoms with Gasteiger partial charge in [-0.25, -0.2) is 0 Å². The van der Waals surface area contributed by atoms with Crippen molar-refractivity contribution in [3.63, 3.8) is 0 Å². The van der Waals surface area contributed by atoms with Crippen LogP contribution in [-0.2, 0) is 0 Å². The zero-order valence-electron chi connectivity index (χ0n) is 10.6. The number of rotatable bonds is 4. The third-order valence-corrected chi connectivity index (χ3v) is 2.99. The maximum Gasteiger partial charge on any atom is 0.315 e. The van der Waals surface area contributed by atoms with E-state index >= 15 is 0 Å². The third-order valence-electron chi connectivity index (χ3n) is 2.68. The molecule has 6 nitrogen and oxygen atoms in total. The zero-order valence-corrected chi connectivity index (χ0v) is 11.3. The largest absolute Gasteiger partial charge is 0.495 e. The molecule has 0 aliphatic carbocycles. The highest BCUT2D eigenvalue weighted by Crippen LogP contribution is 2.34. The second kappa shape index (κ2) is 5.66. The molecule has 7 heteroatoms. The second-order valence-electron chi connectivity index (χ2n) is 3.97. The van der Waals surface area contributed by atoms with Crippen molar-refractivity contribution in [2.75, 3.05) is 18.2 Å². The average Bonchev–Trinajstić information content (AvgIpc) is 2.40. The topological polar surface area (TPSA) is 90.4 Å². The van der Waals surface area contributed by atoms with Gasteiger partial charge in [-0.05, 0) is 24.3 Å². The normalized spacial score (nSPS) is 10.1. The number of hydrogen-bond donors (Lipinski definition) is 2. The minimum Gasteiger partial charge on any atom is -0.495 e. The summed E-state index contributed by atoms with van der Waals surface area (Å²) >= 11 is 5.93. The first-order chi connectivity index (χ1) is 9.52. The fourth-order valence-electron chi connectivity index (χ4n) is 1.76. The number of nitrogens with two attached hydrogens (primary N) is 1. The van der Waals surface area contributed by atoms with Crippen LogP contribution in [0.15, 0.2) is 36.4 Å². The number of anilines is 3. The van der Waals surface area contributed by atoms with Crippen molar-refractivity contribution in [3.8, 4) is 5.75 Å². The van der Waals surface area contributed by atoms with E-state index in [1.807, 2.05) is 0 Å². The Labute approximate surface area is 120 Å². The monoisotopic (exact) mass is 293 g/mol. The summed E-state index contributed by atoms with van der Waals surface area (Å²) in [7, 11) is 1.49. The number of nitrogens with zero attached hydrogens (tertiary/aromatic N) is 1. The van der Waals surface area contributed by atoms with Gasteiger partial charge in [0.2, 0.25) is 0 Å². The van der Waals surface area contributed by atoms with Gasteiger partial charge in [-0.15, -0.1) is 0 Å². The van der Waals surface area contributed by atoms with E-state index in [9.17, 15) is 10.1 Å². The smallest absolute Gasteiger partial charge is 0.315 e. The molecular weight excluding hydrogens is 282 g/mol. The molecule has 0 heterocycles. The van der Waals surface area contributed by atoms with E-state index in [0.29, 0.717) is 22.1 Å². The number of hydrogen-bond acceptors (Lipinski definition) is 5. The summed E-state index contributed by atoms with van der Waals surface area (Å²) in [6.07, 6.45) is 0. The summed E-state index contributed by atoms with van der Waals surface area (Å²) in [5.41, 5.74) is 6.48. The predicted octanol–water partition coefficient (Wildman–Crippen LogP) is 3.58. The van der Waals surface area contributed by atoms with Crippen molar-refractivity contribution in [1.82, 2.24) is 0 Å². The van der Waals surface area contributed by atoms with Crippen LogP contribution in [0.2, 0.25) is 5.02 Å². The van der Waals surface area contributed by atoms with Crippen molar-refractivity contribution in [2.45, 2.75) is 0 Å². The summed E-state index contributed by atoms with van der Waals surface area (Å²) in [6.45, 7) is 0. The molecule has 2 rings (SSSR count). The Morgan fingerprint density at radius 3 is 2.75 bits per heavy atom. The lowest BCUT2D eigenvalue weighted by Gasteiger charge is -2.10. The number of ether oxygens (including phenoxy) is 1. The van der Waals surface area contributed by atoms with Gasteiger partial charge in [0.1, 0.15) is 17.1 Å². The highest BCUT2D eigenvalue weighted by Gasteiger charge is 2.17. The van der Waals surface area contributed by atoms with Crippen molar-refractivity contribution < 1.29 is 9.66 Å². The molecule has 0 bridgehead atoms. The Bertz CT molecular complexity index is 661. The molecule has 0 amide bonds. The predicted molar refractivity (Wildman–Crippen MR) is 78.8 cm³/mol. The van der Waals surface area contributed by atoms with Crippen LogP contribution in [0.1, 0.15) is 0 Å². The van der Waals surface area contributed by atoms with E-state index in [2.05, 4.69) is 5.32 Å². The minimum absolute atomic E-state index is 0.0981. The van der Waals surface area contributed by atoms with E-state index in [-0.39, 0.29) is 11.4 Å². The van der Waals surface area contributed by atoms with Gasteiger partial charge >= 0.3 is 5.69 Å². The van der Waals surface area contributed by atoms with Gasteiger partial charge < -0.3 is 15.8 Å². The van der Waals surface area contributed by atoms with E-state index < -0.39 is 4.92 Å². The third kappa shape index (κ3) is 2.75. The fraction of sp³-hybridized carbons (Fsp3) is 0.0769. The molecule has 2 aromatic carbocycles. The maximum atomic E-state index is 11.0. The van der Waals surface area contributed by atoms with Crippen molar-refractivity contribution in [3.05, 3.63) is 51.5 Å². The molecular formula is C13H12ClN3O3. The number of para-hydroxylation sites is 1. The lowest BCUT2D eigenvalue weighted by molar-refractivity contribution is -0.383. The lowest BCUT2D eigenvalue weighted by Crippen LogP contribution is -2.01. The minimum atomic E-state index is -0.523. The molecule has 0 saturated carbocycles. The highest BCUT2D eigenvalue weighted by atomic mass is 35.5. The SMILES string of the molecule is COc1cc(Nc2cccc(N)c2[N+](=O)[O-])ccc1Cl. The molecule has 0 atom stereocenters. The Kier molecular flexibility index (Phi) is 3.95. The highest BCUT2D eigenvalue weighted by molar-refractivity contribution is 6.32. The number of nitro benzene ring substituents is 1. The summed E-state index contributed by atoms with van der Waals surface area (Å²) in [4.78, 5) is 10.5. The number of methoxy groups -OCH3 is 1. The van der Waals surface area contributed by atoms with Gasteiger partial charge in [0.15, 0.2) is 0 Å². The van der Waals surface area contributed by atoms with Crippen LogP contribution < -0.4 is 15.8 Å². The van der Waals surface area contributed by atoms with Crippen LogP contribution in [0.25, 0.3) is 0 Å². The second-order valence-corrected chi connectivity index (χ2v) is 4.38. The number of nitro groups is 1. The Hall–Kier alpha value is -2.47. The maximum absolute atomic E-state index is 11.0. The van der Waals surface area contributed by atoms with E-state index in [4.69, 9.17) is 22.1 Å². The molecule has 0 radical (unpaired) electrons. The van der Waals surface area contributed by atoms with Crippen molar-refractivity contribution in [1.29, 1.82) is 0 Å². The quantitative estimate of drug-likeness (QED) is 0.511. The first-order valence-corrected chi connectivity index (χ1v) is 6.04. The van der Waals surface area contributed by atoms with Crippen LogP contribution >= 0.6 is 11.6 Å². The van der Waals surface area contributed by atoms with Crippen LogP contribution in [0.4, 0.5) is 22.7 Å². The summed E-state index contributed by atoms with van der Waals surface area (Å²) in [5.74, 6) is 0.475. The summed E-state index contributed by atoms with van der Waals surface area (Å²) in [5, 5.41) is 14.4. The van der Waals surface area contributed by atoms with Gasteiger partial charge in [-0.3, -0.25) is 10.1 Å². The number of nitrogen functional groups attached to an aromatic ring is 1. The summed E-state index contributed by atoms with van der Waals surface area (Å²) in [6, 6.07) is 9.67. The van der Waals surface area contributed by atoms with Gasteiger partial charge in [0.05, 0.1) is 17.1 Å². The average molecular weight is 294 g/mol. The molecule has 0 spiro atoms. The molecule has 20 heavy (non-hydrogen) atoms. The fourth-order valence-corrected chi connectivity index (χ4v) is 1.95. The lowest BCUT2D eigenvalue weighted by atomic mass is 10.2. The molecule has 2 aromatic rings. The Balaban J connectivity index is 2.40. The molecule has 0 unspecified atom stereocenters. The van der Waals surface area contributed by atoms with Crippen molar-refractivity contribution in [2.24, 2.45) is 0 Å². The van der Waals surface area contributed by atoms with Crippen LogP contribution in [0, 0.1) is 10.1 Å². The zero-order chi connectivity index (χ0) is 14.7. The van der Waals surface area contributed by atoms with Gasteiger partial charge in [0.25, 0.3) is 0 Å². The molecule has 0 fully saturated rings. The van der Waals surface area contributed by atoms with Crippen molar-refractivity contribution >= 4 is 34.4 Å². The van der Waals surface area contributed by atoms with E-state index in [0.717, 1.165) is 0 Å². The molecule has 0 saturated heterocycles. The standard InChI is InChI=1S/C13H12ClN3O3/c1-20-12-7-8(5-6-9(12)14)16-11-4-2-3-10(15)13(11)17(18)19/h2-7,16H,15H2,1H3. The van der Waals surface area contributed by atoms with E-state index in [1.165, 1.54) is 13.2 Å². The van der Waals surface area contributed by atoms with Crippen LogP contribution in [-0.4, -0.2) is 12.0 Å². The molecule has 3 N–H and O–H groups in total. The summed E-state index contributed by atoms with van der Waals surface area (Å²) < 4.78 is 5.09. The Morgan fingerprint density at radius 1 is 1.35 bits per heavy atom. The first kappa shape index (κ1) is 14.0.